The van der Waals surface area contributed by atoms with Crippen LogP contribution in [0.2, 0.25) is 0 Å². The third-order valence-electron chi connectivity index (χ3n) is 4.08. The van der Waals surface area contributed by atoms with Crippen LogP contribution in [0, 0.1) is 11.7 Å². The SMILES string of the molecule is CO[C@@H]1C[C@H]2CON[C@@]2(c2cc(Br)ccc2F)C1. The smallest absolute Gasteiger partial charge is 0.128 e. The molecule has 5 heteroatoms. The van der Waals surface area contributed by atoms with E-state index in [-0.39, 0.29) is 17.8 Å². The van der Waals surface area contributed by atoms with Gasteiger partial charge in [-0.25, -0.2) is 4.39 Å². The number of halogens is 2. The van der Waals surface area contributed by atoms with Crippen molar-refractivity contribution < 1.29 is 14.0 Å². The van der Waals surface area contributed by atoms with Crippen molar-refractivity contribution in [3.05, 3.63) is 34.1 Å². The van der Waals surface area contributed by atoms with Crippen LogP contribution in [0.15, 0.2) is 22.7 Å². The predicted octanol–water partition coefficient (Wildman–Crippen LogP) is 2.74. The van der Waals surface area contributed by atoms with Crippen LogP contribution in [0.4, 0.5) is 4.39 Å². The zero-order valence-corrected chi connectivity index (χ0v) is 11.7. The molecule has 1 saturated heterocycles. The van der Waals surface area contributed by atoms with Crippen LogP contribution in [0.1, 0.15) is 18.4 Å². The van der Waals surface area contributed by atoms with Crippen LogP contribution in [-0.4, -0.2) is 19.8 Å². The van der Waals surface area contributed by atoms with Gasteiger partial charge in [0.05, 0.1) is 18.2 Å². The molecular formula is C13H15BrFNO2. The zero-order valence-electron chi connectivity index (χ0n) is 10.1. The number of rotatable bonds is 2. The van der Waals surface area contributed by atoms with Crippen LogP contribution in [0.5, 0.6) is 0 Å². The molecule has 1 aromatic rings. The average Bonchev–Trinajstić information content (AvgIpc) is 2.89. The van der Waals surface area contributed by atoms with Gasteiger partial charge in [-0.1, -0.05) is 15.9 Å². The average molecular weight is 316 g/mol. The maximum absolute atomic E-state index is 14.1. The third kappa shape index (κ3) is 1.81. The minimum absolute atomic E-state index is 0.157. The van der Waals surface area contributed by atoms with Crippen LogP contribution in [0.3, 0.4) is 0 Å². The molecule has 0 bridgehead atoms. The van der Waals surface area contributed by atoms with E-state index in [2.05, 4.69) is 21.4 Å². The molecule has 18 heavy (non-hydrogen) atoms. The van der Waals surface area contributed by atoms with E-state index in [1.807, 2.05) is 6.07 Å². The molecular weight excluding hydrogens is 301 g/mol. The van der Waals surface area contributed by atoms with Crippen LogP contribution in [-0.2, 0) is 15.1 Å². The molecule has 98 valence electrons. The summed E-state index contributed by atoms with van der Waals surface area (Å²) < 4.78 is 20.4. The maximum Gasteiger partial charge on any atom is 0.128 e. The highest BCUT2D eigenvalue weighted by Gasteiger charge is 2.53. The number of hydrogen-bond donors (Lipinski definition) is 1. The van der Waals surface area contributed by atoms with Gasteiger partial charge < -0.3 is 9.57 Å². The minimum atomic E-state index is -0.450. The lowest BCUT2D eigenvalue weighted by Gasteiger charge is -2.28. The number of ether oxygens (including phenoxy) is 1. The Labute approximate surface area is 114 Å². The fourth-order valence-corrected chi connectivity index (χ4v) is 3.50. The van der Waals surface area contributed by atoms with Crippen molar-refractivity contribution in [2.45, 2.75) is 24.5 Å². The molecule has 0 radical (unpaired) electrons. The summed E-state index contributed by atoms with van der Waals surface area (Å²) in [5.41, 5.74) is 3.26. The maximum atomic E-state index is 14.1. The molecule has 0 spiro atoms. The van der Waals surface area contributed by atoms with Gasteiger partial charge in [0.15, 0.2) is 0 Å². The number of hydrogen-bond acceptors (Lipinski definition) is 3. The van der Waals surface area contributed by atoms with Gasteiger partial charge in [-0.2, -0.15) is 5.48 Å². The Kier molecular flexibility index (Phi) is 3.18. The summed E-state index contributed by atoms with van der Waals surface area (Å²) in [5.74, 6) is 0.0594. The van der Waals surface area contributed by atoms with E-state index in [0.717, 1.165) is 17.3 Å². The van der Waals surface area contributed by atoms with E-state index in [1.54, 1.807) is 13.2 Å². The number of nitrogens with one attached hydrogen (secondary N) is 1. The Balaban J connectivity index is 2.05. The van der Waals surface area contributed by atoms with E-state index in [9.17, 15) is 4.39 Å². The molecule has 3 rings (SSSR count). The first-order valence-electron chi connectivity index (χ1n) is 6.03. The Bertz CT molecular complexity index is 470. The first-order valence-corrected chi connectivity index (χ1v) is 6.82. The highest BCUT2D eigenvalue weighted by molar-refractivity contribution is 9.10. The molecule has 2 fully saturated rings. The summed E-state index contributed by atoms with van der Waals surface area (Å²) in [7, 11) is 1.71. The molecule has 1 aromatic carbocycles. The van der Waals surface area contributed by atoms with E-state index in [1.165, 1.54) is 6.07 Å². The van der Waals surface area contributed by atoms with Crippen LogP contribution in [0.25, 0.3) is 0 Å². The Hall–Kier alpha value is -0.490. The predicted molar refractivity (Wildman–Crippen MR) is 68.4 cm³/mol. The van der Waals surface area contributed by atoms with E-state index < -0.39 is 5.54 Å². The van der Waals surface area contributed by atoms with Crippen molar-refractivity contribution in [2.75, 3.05) is 13.7 Å². The molecule has 1 N–H and O–H groups in total. The largest absolute Gasteiger partial charge is 0.381 e. The van der Waals surface area contributed by atoms with Gasteiger partial charge in [-0.15, -0.1) is 0 Å². The lowest BCUT2D eigenvalue weighted by molar-refractivity contribution is 0.0271. The number of benzene rings is 1. The molecule has 3 atom stereocenters. The second-order valence-electron chi connectivity index (χ2n) is 5.00. The molecule has 0 unspecified atom stereocenters. The number of methoxy groups -OCH3 is 1. The third-order valence-corrected chi connectivity index (χ3v) is 4.57. The van der Waals surface area contributed by atoms with E-state index in [0.29, 0.717) is 12.2 Å². The molecule has 3 nitrogen and oxygen atoms in total. The monoisotopic (exact) mass is 315 g/mol. The standard InChI is InChI=1S/C13H15BrFNO2/c1-17-10-4-8-7-18-16-13(8,6-10)11-5-9(14)2-3-12(11)15/h2-3,5,8,10,16H,4,6-7H2,1H3/t8-,10+,13-/m0/s1. The lowest BCUT2D eigenvalue weighted by atomic mass is 9.82. The van der Waals surface area contributed by atoms with Gasteiger partial charge >= 0.3 is 0 Å². The van der Waals surface area contributed by atoms with E-state index >= 15 is 0 Å². The molecule has 0 amide bonds. The first kappa shape index (κ1) is 12.5. The summed E-state index contributed by atoms with van der Waals surface area (Å²) in [6.45, 7) is 0.603. The molecule has 2 aliphatic rings. The van der Waals surface area contributed by atoms with Crippen molar-refractivity contribution in [3.8, 4) is 0 Å². The van der Waals surface area contributed by atoms with E-state index in [4.69, 9.17) is 9.57 Å². The fraction of sp³-hybridized carbons (Fsp3) is 0.538. The van der Waals surface area contributed by atoms with Crippen molar-refractivity contribution in [1.82, 2.24) is 5.48 Å². The van der Waals surface area contributed by atoms with Crippen LogP contribution < -0.4 is 5.48 Å². The summed E-state index contributed by atoms with van der Waals surface area (Å²) in [6, 6.07) is 5.04. The zero-order chi connectivity index (χ0) is 12.8. The lowest BCUT2D eigenvalue weighted by Crippen LogP contribution is -2.39. The topological polar surface area (TPSA) is 30.5 Å². The van der Waals surface area contributed by atoms with Gasteiger partial charge in [-0.3, -0.25) is 0 Å². The summed E-state index contributed by atoms with van der Waals surface area (Å²) in [5, 5.41) is 0. The normalized spacial score (nSPS) is 34.8. The van der Waals surface area contributed by atoms with Crippen molar-refractivity contribution >= 4 is 15.9 Å². The minimum Gasteiger partial charge on any atom is -0.381 e. The Morgan fingerprint density at radius 2 is 2.39 bits per heavy atom. The number of fused-ring (bicyclic) bond motifs is 1. The fourth-order valence-electron chi connectivity index (χ4n) is 3.14. The summed E-state index contributed by atoms with van der Waals surface area (Å²) >= 11 is 3.40. The summed E-state index contributed by atoms with van der Waals surface area (Å²) in [4.78, 5) is 5.37. The summed E-state index contributed by atoms with van der Waals surface area (Å²) in [6.07, 6.45) is 1.79. The quantitative estimate of drug-likeness (QED) is 0.910. The van der Waals surface area contributed by atoms with Gasteiger partial charge in [0.1, 0.15) is 5.82 Å². The second kappa shape index (κ2) is 4.56. The highest BCUT2D eigenvalue weighted by atomic mass is 79.9. The molecule has 0 aromatic heterocycles. The van der Waals surface area contributed by atoms with Crippen LogP contribution >= 0.6 is 15.9 Å². The Morgan fingerprint density at radius 1 is 1.56 bits per heavy atom. The van der Waals surface area contributed by atoms with Crippen molar-refractivity contribution in [3.63, 3.8) is 0 Å². The molecule has 1 aliphatic carbocycles. The van der Waals surface area contributed by atoms with Gasteiger partial charge in [-0.05, 0) is 31.0 Å². The van der Waals surface area contributed by atoms with Gasteiger partial charge in [0, 0.05) is 23.1 Å². The van der Waals surface area contributed by atoms with Crippen molar-refractivity contribution in [1.29, 1.82) is 0 Å². The second-order valence-corrected chi connectivity index (χ2v) is 5.92. The number of hydroxylamine groups is 1. The molecule has 1 saturated carbocycles. The first-order chi connectivity index (χ1) is 8.65. The highest BCUT2D eigenvalue weighted by Crippen LogP contribution is 2.48. The van der Waals surface area contributed by atoms with Gasteiger partial charge in [0.2, 0.25) is 0 Å². The molecule has 1 aliphatic heterocycles. The Morgan fingerprint density at radius 3 is 3.17 bits per heavy atom. The van der Waals surface area contributed by atoms with Crippen molar-refractivity contribution in [2.24, 2.45) is 5.92 Å². The molecule has 1 heterocycles. The van der Waals surface area contributed by atoms with Gasteiger partial charge in [0.25, 0.3) is 0 Å².